The largest absolute Gasteiger partial charge is 0.351 e. The third-order valence-corrected chi connectivity index (χ3v) is 4.84. The van der Waals surface area contributed by atoms with Crippen LogP contribution in [-0.4, -0.2) is 31.5 Å². The molecule has 152 valence electrons. The predicted octanol–water partition coefficient (Wildman–Crippen LogP) is 3.14. The zero-order valence-electron chi connectivity index (χ0n) is 15.7. The molecular weight excluding hydrogens is 392 g/mol. The Kier molecular flexibility index (Phi) is 4.19. The highest BCUT2D eigenvalue weighted by Crippen LogP contribution is 2.28. The summed E-state index contributed by atoms with van der Waals surface area (Å²) >= 11 is 0. The highest BCUT2D eigenvalue weighted by molar-refractivity contribution is 5.89. The average molecular weight is 409 g/mol. The maximum absolute atomic E-state index is 14.1. The van der Waals surface area contributed by atoms with Gasteiger partial charge in [0.2, 0.25) is 17.8 Å². The molecule has 1 aliphatic carbocycles. The number of hydrogen-bond acceptors (Lipinski definition) is 6. The molecule has 1 aliphatic heterocycles. The van der Waals surface area contributed by atoms with Gasteiger partial charge in [-0.15, -0.1) is 0 Å². The number of anilines is 3. The van der Waals surface area contributed by atoms with Gasteiger partial charge in [0.05, 0.1) is 18.3 Å². The van der Waals surface area contributed by atoms with E-state index >= 15 is 0 Å². The molecule has 2 aliphatic rings. The summed E-state index contributed by atoms with van der Waals surface area (Å²) in [7, 11) is 0. The van der Waals surface area contributed by atoms with Crippen LogP contribution < -0.4 is 16.0 Å². The first-order valence-electron chi connectivity index (χ1n) is 9.40. The molecule has 3 aromatic rings. The minimum atomic E-state index is -0.626. The van der Waals surface area contributed by atoms with Crippen molar-refractivity contribution in [3.8, 4) is 0 Å². The Morgan fingerprint density at radius 3 is 2.83 bits per heavy atom. The van der Waals surface area contributed by atoms with Gasteiger partial charge in [0.1, 0.15) is 11.6 Å². The lowest BCUT2D eigenvalue weighted by molar-refractivity contribution is -0.118. The quantitative estimate of drug-likeness (QED) is 0.599. The minimum Gasteiger partial charge on any atom is -0.351 e. The van der Waals surface area contributed by atoms with Crippen LogP contribution in [0.1, 0.15) is 24.8 Å². The summed E-state index contributed by atoms with van der Waals surface area (Å²) in [6, 6.07) is 3.39. The Hall–Kier alpha value is -3.82. The van der Waals surface area contributed by atoms with Crippen LogP contribution in [0.5, 0.6) is 0 Å². The van der Waals surface area contributed by atoms with Gasteiger partial charge in [0.25, 0.3) is 0 Å². The van der Waals surface area contributed by atoms with Crippen LogP contribution in [0, 0.1) is 11.6 Å². The molecule has 1 saturated carbocycles. The summed E-state index contributed by atoms with van der Waals surface area (Å²) in [5.74, 6) is -0.805. The Balaban J connectivity index is 1.59. The maximum Gasteiger partial charge on any atom is 0.232 e. The Labute approximate surface area is 169 Å². The molecule has 0 radical (unpaired) electrons. The number of halogens is 2. The highest BCUT2D eigenvalue weighted by atomic mass is 19.1. The van der Waals surface area contributed by atoms with Crippen molar-refractivity contribution >= 4 is 35.2 Å². The summed E-state index contributed by atoms with van der Waals surface area (Å²) in [4.78, 5) is 20.4. The number of hydrogen-bond donors (Lipinski definition) is 3. The van der Waals surface area contributed by atoms with Crippen molar-refractivity contribution in [2.45, 2.75) is 25.3 Å². The minimum absolute atomic E-state index is 0.0740. The van der Waals surface area contributed by atoms with E-state index in [9.17, 15) is 13.6 Å². The Morgan fingerprint density at radius 1 is 1.27 bits per heavy atom. The number of nitrogens with zero attached hydrogens (tertiary/aromatic N) is 4. The maximum atomic E-state index is 14.1. The van der Waals surface area contributed by atoms with Crippen molar-refractivity contribution < 1.29 is 13.6 Å². The van der Waals surface area contributed by atoms with E-state index in [-0.39, 0.29) is 30.0 Å². The highest BCUT2D eigenvalue weighted by Gasteiger charge is 2.25. The van der Waals surface area contributed by atoms with E-state index in [4.69, 9.17) is 0 Å². The third kappa shape index (κ3) is 3.47. The number of benzene rings is 1. The molecule has 0 atom stereocenters. The van der Waals surface area contributed by atoms with Crippen LogP contribution in [0.25, 0.3) is 11.7 Å². The average Bonchev–Trinajstić information content (AvgIpc) is 3.34. The van der Waals surface area contributed by atoms with E-state index in [1.807, 2.05) is 0 Å². The van der Waals surface area contributed by atoms with Gasteiger partial charge < -0.3 is 16.0 Å². The number of carbonyl (C=O) groups excluding carboxylic acids is 1. The SMILES string of the molecule is C=C1NC(=O)C/C1=C\c1cnn2c(NC3CC3)nc(Nc3cc(F)ccc3F)nc12. The van der Waals surface area contributed by atoms with Gasteiger partial charge in [-0.3, -0.25) is 4.79 Å². The predicted molar refractivity (Wildman–Crippen MR) is 107 cm³/mol. The molecule has 3 N–H and O–H groups in total. The number of fused-ring (bicyclic) bond motifs is 1. The first kappa shape index (κ1) is 18.2. The molecule has 2 aromatic heterocycles. The molecular formula is C20H17F2N7O. The lowest BCUT2D eigenvalue weighted by Crippen LogP contribution is -2.12. The first-order valence-corrected chi connectivity index (χ1v) is 9.40. The second-order valence-electron chi connectivity index (χ2n) is 7.25. The molecule has 0 bridgehead atoms. The molecule has 5 rings (SSSR count). The van der Waals surface area contributed by atoms with Gasteiger partial charge >= 0.3 is 0 Å². The van der Waals surface area contributed by atoms with Crippen LogP contribution in [-0.2, 0) is 4.79 Å². The zero-order chi connectivity index (χ0) is 20.8. The summed E-state index contributed by atoms with van der Waals surface area (Å²) in [6.07, 6.45) is 5.63. The number of rotatable bonds is 5. The second kappa shape index (κ2) is 6.90. The van der Waals surface area contributed by atoms with Crippen molar-refractivity contribution in [3.05, 3.63) is 59.4 Å². The van der Waals surface area contributed by atoms with Gasteiger partial charge in [-0.2, -0.15) is 19.6 Å². The zero-order valence-corrected chi connectivity index (χ0v) is 15.7. The van der Waals surface area contributed by atoms with Crippen molar-refractivity contribution in [1.82, 2.24) is 24.9 Å². The number of carbonyl (C=O) groups is 1. The van der Waals surface area contributed by atoms with Gasteiger partial charge in [0.15, 0.2) is 5.65 Å². The summed E-state index contributed by atoms with van der Waals surface area (Å²) in [5.41, 5.74) is 2.29. The van der Waals surface area contributed by atoms with Crippen molar-refractivity contribution in [2.24, 2.45) is 0 Å². The van der Waals surface area contributed by atoms with Crippen LogP contribution in [0.15, 0.2) is 42.2 Å². The molecule has 1 amide bonds. The van der Waals surface area contributed by atoms with Crippen LogP contribution in [0.4, 0.5) is 26.4 Å². The molecule has 10 heteroatoms. The van der Waals surface area contributed by atoms with E-state index in [1.54, 1.807) is 16.8 Å². The van der Waals surface area contributed by atoms with Gasteiger partial charge in [-0.25, -0.2) is 8.78 Å². The van der Waals surface area contributed by atoms with Crippen molar-refractivity contribution in [1.29, 1.82) is 0 Å². The Bertz CT molecular complexity index is 1230. The molecule has 30 heavy (non-hydrogen) atoms. The monoisotopic (exact) mass is 409 g/mol. The molecule has 1 aromatic carbocycles. The van der Waals surface area contributed by atoms with Gasteiger partial charge in [-0.05, 0) is 36.6 Å². The second-order valence-corrected chi connectivity index (χ2v) is 7.25. The summed E-state index contributed by atoms with van der Waals surface area (Å²) < 4.78 is 29.2. The molecule has 0 spiro atoms. The fourth-order valence-electron chi connectivity index (χ4n) is 3.17. The summed E-state index contributed by atoms with van der Waals surface area (Å²) in [5, 5.41) is 13.0. The normalized spacial score (nSPS) is 17.6. The first-order chi connectivity index (χ1) is 14.5. The van der Waals surface area contributed by atoms with E-state index < -0.39 is 11.6 Å². The smallest absolute Gasteiger partial charge is 0.232 e. The molecule has 1 saturated heterocycles. The third-order valence-electron chi connectivity index (χ3n) is 4.84. The lowest BCUT2D eigenvalue weighted by Gasteiger charge is -2.11. The van der Waals surface area contributed by atoms with Gasteiger partial charge in [-0.1, -0.05) is 6.58 Å². The fourth-order valence-corrected chi connectivity index (χ4v) is 3.17. The summed E-state index contributed by atoms with van der Waals surface area (Å²) in [6.45, 7) is 3.84. The number of amides is 1. The Morgan fingerprint density at radius 2 is 2.10 bits per heavy atom. The van der Waals surface area contributed by atoms with Gasteiger partial charge in [0, 0.05) is 23.4 Å². The fraction of sp³-hybridized carbons (Fsp3) is 0.200. The molecule has 3 heterocycles. The van der Waals surface area contributed by atoms with Crippen molar-refractivity contribution in [2.75, 3.05) is 10.6 Å². The van der Waals surface area contributed by atoms with E-state index in [0.29, 0.717) is 22.9 Å². The van der Waals surface area contributed by atoms with E-state index in [2.05, 4.69) is 37.6 Å². The number of allylic oxidation sites excluding steroid dienone is 1. The van der Waals surface area contributed by atoms with E-state index in [0.717, 1.165) is 36.6 Å². The number of nitrogens with one attached hydrogen (secondary N) is 3. The van der Waals surface area contributed by atoms with Crippen LogP contribution in [0.3, 0.4) is 0 Å². The molecule has 0 unspecified atom stereocenters. The standard InChI is InChI=1S/C20H17F2N7O/c1-10-11(7-17(30)24-10)6-12-9-23-29-18(12)27-19(28-20(29)25-14-3-4-14)26-16-8-13(21)2-5-15(16)22/h2,5-6,8-9,14H,1,3-4,7H2,(H,24,30)(H2,25,26,27,28)/b11-6+. The lowest BCUT2D eigenvalue weighted by atomic mass is 10.1. The topological polar surface area (TPSA) is 96.2 Å². The number of aromatic nitrogens is 4. The molecule has 2 fully saturated rings. The van der Waals surface area contributed by atoms with Crippen LogP contribution in [0.2, 0.25) is 0 Å². The van der Waals surface area contributed by atoms with E-state index in [1.165, 1.54) is 0 Å². The van der Waals surface area contributed by atoms with Crippen LogP contribution >= 0.6 is 0 Å². The van der Waals surface area contributed by atoms with Crippen molar-refractivity contribution in [3.63, 3.8) is 0 Å². The molecule has 8 nitrogen and oxygen atoms in total.